The average molecular weight is 151 g/mol. The summed E-state index contributed by atoms with van der Waals surface area (Å²) in [5.74, 6) is 0.481. The van der Waals surface area contributed by atoms with Crippen molar-refractivity contribution in [3.05, 3.63) is 17.5 Å². The second kappa shape index (κ2) is 2.49. The predicted octanol–water partition coefficient (Wildman–Crippen LogP) is 1.75. The highest BCUT2D eigenvalue weighted by Gasteiger charge is 2.24. The number of aromatic nitrogens is 1. The van der Waals surface area contributed by atoms with Crippen LogP contribution in [0.5, 0.6) is 0 Å². The first-order valence-electron chi connectivity index (χ1n) is 3.81. The minimum atomic E-state index is 0.481. The molecule has 0 saturated heterocycles. The highest BCUT2D eigenvalue weighted by Crippen LogP contribution is 2.36. The molecule has 1 aliphatic carbocycles. The summed E-state index contributed by atoms with van der Waals surface area (Å²) in [6.45, 7) is 0. The Kier molecular flexibility index (Phi) is 1.49. The summed E-state index contributed by atoms with van der Waals surface area (Å²) >= 11 is 0. The third-order valence-electron chi connectivity index (χ3n) is 2.25. The monoisotopic (exact) mass is 151 g/mol. The van der Waals surface area contributed by atoms with Crippen molar-refractivity contribution in [3.63, 3.8) is 0 Å². The molecular formula is C8H9NO2. The lowest BCUT2D eigenvalue weighted by molar-refractivity contribution is 0.112. The maximum absolute atomic E-state index is 10.4. The van der Waals surface area contributed by atoms with Crippen molar-refractivity contribution >= 4 is 6.29 Å². The van der Waals surface area contributed by atoms with Crippen LogP contribution in [0.3, 0.4) is 0 Å². The van der Waals surface area contributed by atoms with Gasteiger partial charge in [0.25, 0.3) is 0 Å². The van der Waals surface area contributed by atoms with Gasteiger partial charge in [-0.2, -0.15) is 0 Å². The SMILES string of the molecule is O=Cc1conc1C1CCC1. The summed E-state index contributed by atoms with van der Waals surface area (Å²) in [5, 5.41) is 3.80. The summed E-state index contributed by atoms with van der Waals surface area (Å²) in [4.78, 5) is 10.4. The first-order chi connectivity index (χ1) is 5.42. The molecular weight excluding hydrogens is 142 g/mol. The molecule has 1 aromatic heterocycles. The molecule has 0 aromatic carbocycles. The van der Waals surface area contributed by atoms with E-state index in [1.165, 1.54) is 12.7 Å². The van der Waals surface area contributed by atoms with E-state index in [4.69, 9.17) is 4.52 Å². The topological polar surface area (TPSA) is 43.1 Å². The number of aldehydes is 1. The lowest BCUT2D eigenvalue weighted by Gasteiger charge is -2.22. The van der Waals surface area contributed by atoms with E-state index in [9.17, 15) is 4.79 Å². The van der Waals surface area contributed by atoms with Crippen LogP contribution in [0.2, 0.25) is 0 Å². The van der Waals surface area contributed by atoms with Crippen molar-refractivity contribution in [3.8, 4) is 0 Å². The highest BCUT2D eigenvalue weighted by atomic mass is 16.5. The molecule has 1 aliphatic rings. The summed E-state index contributed by atoms with van der Waals surface area (Å²) in [6, 6.07) is 0. The van der Waals surface area contributed by atoms with E-state index in [2.05, 4.69) is 5.16 Å². The molecule has 0 spiro atoms. The fraction of sp³-hybridized carbons (Fsp3) is 0.500. The molecule has 0 bridgehead atoms. The number of carbonyl (C=O) groups excluding carboxylic acids is 1. The normalized spacial score (nSPS) is 17.8. The quantitative estimate of drug-likeness (QED) is 0.605. The van der Waals surface area contributed by atoms with Crippen molar-refractivity contribution in [2.45, 2.75) is 25.2 Å². The van der Waals surface area contributed by atoms with E-state index < -0.39 is 0 Å². The molecule has 0 aliphatic heterocycles. The molecule has 0 radical (unpaired) electrons. The van der Waals surface area contributed by atoms with Gasteiger partial charge < -0.3 is 4.52 Å². The van der Waals surface area contributed by atoms with Crippen molar-refractivity contribution in [1.82, 2.24) is 5.16 Å². The van der Waals surface area contributed by atoms with Gasteiger partial charge in [0.1, 0.15) is 6.26 Å². The third-order valence-corrected chi connectivity index (χ3v) is 2.25. The summed E-state index contributed by atoms with van der Waals surface area (Å²) < 4.78 is 4.71. The van der Waals surface area contributed by atoms with Crippen LogP contribution >= 0.6 is 0 Å². The van der Waals surface area contributed by atoms with Crippen molar-refractivity contribution in [1.29, 1.82) is 0 Å². The van der Waals surface area contributed by atoms with Crippen LogP contribution in [0, 0.1) is 0 Å². The average Bonchev–Trinajstić information content (AvgIpc) is 2.32. The van der Waals surface area contributed by atoms with Crippen molar-refractivity contribution in [2.24, 2.45) is 0 Å². The van der Waals surface area contributed by atoms with E-state index in [0.717, 1.165) is 24.8 Å². The molecule has 0 atom stereocenters. The van der Waals surface area contributed by atoms with Crippen LogP contribution < -0.4 is 0 Å². The molecule has 11 heavy (non-hydrogen) atoms. The van der Waals surface area contributed by atoms with Crippen LogP contribution in [0.4, 0.5) is 0 Å². The minimum absolute atomic E-state index is 0.481. The Balaban J connectivity index is 2.27. The second-order valence-electron chi connectivity index (χ2n) is 2.90. The van der Waals surface area contributed by atoms with E-state index in [-0.39, 0.29) is 0 Å². The largest absolute Gasteiger partial charge is 0.364 e. The lowest BCUT2D eigenvalue weighted by atomic mass is 9.82. The number of nitrogens with zero attached hydrogens (tertiary/aromatic N) is 1. The molecule has 0 amide bonds. The van der Waals surface area contributed by atoms with Gasteiger partial charge in [-0.3, -0.25) is 4.79 Å². The first kappa shape index (κ1) is 6.58. The smallest absolute Gasteiger partial charge is 0.155 e. The predicted molar refractivity (Wildman–Crippen MR) is 38.5 cm³/mol. The Hall–Kier alpha value is -1.12. The van der Waals surface area contributed by atoms with Gasteiger partial charge in [-0.25, -0.2) is 0 Å². The zero-order valence-corrected chi connectivity index (χ0v) is 6.12. The maximum Gasteiger partial charge on any atom is 0.155 e. The second-order valence-corrected chi connectivity index (χ2v) is 2.90. The molecule has 0 N–H and O–H groups in total. The van der Waals surface area contributed by atoms with Gasteiger partial charge in [0, 0.05) is 5.92 Å². The molecule has 2 rings (SSSR count). The minimum Gasteiger partial charge on any atom is -0.364 e. The number of carbonyl (C=O) groups is 1. The van der Waals surface area contributed by atoms with Crippen molar-refractivity contribution in [2.75, 3.05) is 0 Å². The molecule has 3 nitrogen and oxygen atoms in total. The molecule has 0 unspecified atom stereocenters. The zero-order valence-electron chi connectivity index (χ0n) is 6.12. The van der Waals surface area contributed by atoms with Crippen LogP contribution in [-0.2, 0) is 0 Å². The van der Waals surface area contributed by atoms with Crippen LogP contribution in [0.25, 0.3) is 0 Å². The van der Waals surface area contributed by atoms with Crippen molar-refractivity contribution < 1.29 is 9.32 Å². The van der Waals surface area contributed by atoms with Gasteiger partial charge in [-0.05, 0) is 12.8 Å². The fourth-order valence-corrected chi connectivity index (χ4v) is 1.33. The summed E-state index contributed by atoms with van der Waals surface area (Å²) in [7, 11) is 0. The standard InChI is InChI=1S/C8H9NO2/c10-4-7-5-11-9-8(7)6-2-1-3-6/h4-6H,1-3H2. The Morgan fingerprint density at radius 3 is 3.00 bits per heavy atom. The summed E-state index contributed by atoms with van der Waals surface area (Å²) in [5.41, 5.74) is 1.47. The number of rotatable bonds is 2. The van der Waals surface area contributed by atoms with Crippen LogP contribution in [-0.4, -0.2) is 11.4 Å². The fourth-order valence-electron chi connectivity index (χ4n) is 1.33. The van der Waals surface area contributed by atoms with E-state index in [1.54, 1.807) is 0 Å². The lowest BCUT2D eigenvalue weighted by Crippen LogP contribution is -2.10. The molecule has 1 heterocycles. The van der Waals surface area contributed by atoms with Gasteiger partial charge >= 0.3 is 0 Å². The summed E-state index contributed by atoms with van der Waals surface area (Å²) in [6.07, 6.45) is 5.77. The maximum atomic E-state index is 10.4. The molecule has 1 fully saturated rings. The Morgan fingerprint density at radius 1 is 1.64 bits per heavy atom. The van der Waals surface area contributed by atoms with Crippen LogP contribution in [0.15, 0.2) is 10.8 Å². The Bertz CT molecular complexity index is 263. The van der Waals surface area contributed by atoms with Gasteiger partial charge in [0.15, 0.2) is 6.29 Å². The molecule has 1 aromatic rings. The Morgan fingerprint density at radius 2 is 2.45 bits per heavy atom. The third kappa shape index (κ3) is 0.964. The van der Waals surface area contributed by atoms with Crippen LogP contribution in [0.1, 0.15) is 41.2 Å². The zero-order chi connectivity index (χ0) is 7.68. The highest BCUT2D eigenvalue weighted by molar-refractivity contribution is 5.75. The van der Waals surface area contributed by atoms with Gasteiger partial charge in [-0.1, -0.05) is 11.6 Å². The first-order valence-corrected chi connectivity index (χ1v) is 3.81. The van der Waals surface area contributed by atoms with E-state index in [1.807, 2.05) is 0 Å². The molecule has 3 heteroatoms. The number of hydrogen-bond donors (Lipinski definition) is 0. The Labute approximate surface area is 64.4 Å². The van der Waals surface area contributed by atoms with Gasteiger partial charge in [-0.15, -0.1) is 0 Å². The molecule has 58 valence electrons. The van der Waals surface area contributed by atoms with E-state index >= 15 is 0 Å². The number of hydrogen-bond acceptors (Lipinski definition) is 3. The van der Waals surface area contributed by atoms with E-state index in [0.29, 0.717) is 11.5 Å². The van der Waals surface area contributed by atoms with Gasteiger partial charge in [0.2, 0.25) is 0 Å². The molecule has 1 saturated carbocycles. The van der Waals surface area contributed by atoms with Gasteiger partial charge in [0.05, 0.1) is 11.3 Å².